The largest absolute Gasteiger partial charge is 0.347 e. The van der Waals surface area contributed by atoms with Gasteiger partial charge in [-0.05, 0) is 25.0 Å². The van der Waals surface area contributed by atoms with Gasteiger partial charge in [0, 0.05) is 17.5 Å². The van der Waals surface area contributed by atoms with Gasteiger partial charge in [-0.3, -0.25) is 14.6 Å². The first-order chi connectivity index (χ1) is 10.2. The van der Waals surface area contributed by atoms with Crippen LogP contribution in [0.25, 0.3) is 10.9 Å². The summed E-state index contributed by atoms with van der Waals surface area (Å²) in [6.07, 6.45) is 4.66. The third kappa shape index (κ3) is 3.02. The van der Waals surface area contributed by atoms with E-state index in [-0.39, 0.29) is 24.3 Å². The molecule has 1 aliphatic carbocycles. The third-order valence-electron chi connectivity index (χ3n) is 3.81. The number of aromatic nitrogens is 1. The molecule has 21 heavy (non-hydrogen) atoms. The van der Waals surface area contributed by atoms with Gasteiger partial charge >= 0.3 is 0 Å². The molecule has 3 rings (SSSR count). The smallest absolute Gasteiger partial charge is 0.243 e. The summed E-state index contributed by atoms with van der Waals surface area (Å²) in [6, 6.07) is 9.41. The van der Waals surface area contributed by atoms with Crippen molar-refractivity contribution in [3.05, 3.63) is 36.5 Å². The molecule has 1 heterocycles. The summed E-state index contributed by atoms with van der Waals surface area (Å²) in [6.45, 7) is -0.00143. The SMILES string of the molecule is O=C(CNC(=O)C1CCC1)Nc1cccc2cccnc12. The molecule has 1 aromatic carbocycles. The Kier molecular flexibility index (Phi) is 3.81. The first-order valence-electron chi connectivity index (χ1n) is 7.15. The second-order valence-electron chi connectivity index (χ2n) is 5.27. The van der Waals surface area contributed by atoms with Crippen LogP contribution >= 0.6 is 0 Å². The van der Waals surface area contributed by atoms with E-state index in [4.69, 9.17) is 0 Å². The average molecular weight is 283 g/mol. The molecule has 1 aliphatic rings. The molecular weight excluding hydrogens is 266 g/mol. The van der Waals surface area contributed by atoms with Gasteiger partial charge in [-0.2, -0.15) is 0 Å². The third-order valence-corrected chi connectivity index (χ3v) is 3.81. The lowest BCUT2D eigenvalue weighted by molar-refractivity contribution is -0.129. The minimum absolute atomic E-state index is 0.00143. The summed E-state index contributed by atoms with van der Waals surface area (Å²) >= 11 is 0. The van der Waals surface area contributed by atoms with E-state index >= 15 is 0 Å². The van der Waals surface area contributed by atoms with Crippen molar-refractivity contribution < 1.29 is 9.59 Å². The Labute approximate surface area is 122 Å². The zero-order valence-electron chi connectivity index (χ0n) is 11.6. The number of hydrogen-bond donors (Lipinski definition) is 2. The van der Waals surface area contributed by atoms with Crippen LogP contribution in [0.3, 0.4) is 0 Å². The molecule has 2 aromatic rings. The number of pyridine rings is 1. The van der Waals surface area contributed by atoms with E-state index in [0.29, 0.717) is 5.69 Å². The van der Waals surface area contributed by atoms with Crippen molar-refractivity contribution in [3.8, 4) is 0 Å². The van der Waals surface area contributed by atoms with Gasteiger partial charge in [0.05, 0.1) is 17.7 Å². The summed E-state index contributed by atoms with van der Waals surface area (Å²) in [5.41, 5.74) is 1.41. The molecule has 0 radical (unpaired) electrons. The zero-order valence-corrected chi connectivity index (χ0v) is 11.6. The van der Waals surface area contributed by atoms with Gasteiger partial charge in [0.25, 0.3) is 0 Å². The Bertz CT molecular complexity index is 675. The van der Waals surface area contributed by atoms with Gasteiger partial charge in [-0.1, -0.05) is 24.6 Å². The van der Waals surface area contributed by atoms with E-state index in [1.54, 1.807) is 12.3 Å². The number of hydrogen-bond acceptors (Lipinski definition) is 3. The van der Waals surface area contributed by atoms with Crippen molar-refractivity contribution in [3.63, 3.8) is 0 Å². The fourth-order valence-electron chi connectivity index (χ4n) is 2.38. The number of rotatable bonds is 4. The second-order valence-corrected chi connectivity index (χ2v) is 5.27. The highest BCUT2D eigenvalue weighted by molar-refractivity contribution is 6.01. The number of amides is 2. The number of carbonyl (C=O) groups is 2. The average Bonchev–Trinajstić information content (AvgIpc) is 2.44. The zero-order chi connectivity index (χ0) is 14.7. The minimum Gasteiger partial charge on any atom is -0.347 e. The topological polar surface area (TPSA) is 71.1 Å². The van der Waals surface area contributed by atoms with Gasteiger partial charge < -0.3 is 10.6 Å². The number of nitrogens with one attached hydrogen (secondary N) is 2. The predicted molar refractivity (Wildman–Crippen MR) is 80.7 cm³/mol. The summed E-state index contributed by atoms with van der Waals surface area (Å²) < 4.78 is 0. The van der Waals surface area contributed by atoms with Gasteiger partial charge in [-0.25, -0.2) is 0 Å². The van der Waals surface area contributed by atoms with Crippen LogP contribution in [-0.2, 0) is 9.59 Å². The Hall–Kier alpha value is -2.43. The Balaban J connectivity index is 1.62. The highest BCUT2D eigenvalue weighted by Gasteiger charge is 2.25. The first kappa shape index (κ1) is 13.5. The molecule has 0 spiro atoms. The number of benzene rings is 1. The maximum atomic E-state index is 11.9. The summed E-state index contributed by atoms with van der Waals surface area (Å²) in [4.78, 5) is 27.9. The monoisotopic (exact) mass is 283 g/mol. The van der Waals surface area contributed by atoms with Crippen molar-refractivity contribution in [1.29, 1.82) is 0 Å². The molecule has 0 atom stereocenters. The van der Waals surface area contributed by atoms with Crippen molar-refractivity contribution in [2.24, 2.45) is 5.92 Å². The lowest BCUT2D eigenvalue weighted by atomic mass is 9.85. The standard InChI is InChI=1S/C16H17N3O2/c20-14(10-18-16(21)12-5-1-6-12)19-13-8-2-4-11-7-3-9-17-15(11)13/h2-4,7-9,12H,1,5-6,10H2,(H,18,21)(H,19,20). The van der Waals surface area contributed by atoms with Crippen LogP contribution < -0.4 is 10.6 Å². The first-order valence-corrected chi connectivity index (χ1v) is 7.15. The van der Waals surface area contributed by atoms with Gasteiger partial charge in [0.1, 0.15) is 0 Å². The van der Waals surface area contributed by atoms with Crippen molar-refractivity contribution in [2.75, 3.05) is 11.9 Å². The molecule has 5 heteroatoms. The highest BCUT2D eigenvalue weighted by Crippen LogP contribution is 2.26. The fraction of sp³-hybridized carbons (Fsp3) is 0.312. The molecule has 1 saturated carbocycles. The molecule has 5 nitrogen and oxygen atoms in total. The number of carbonyl (C=O) groups excluding carboxylic acids is 2. The van der Waals surface area contributed by atoms with E-state index in [1.165, 1.54) is 0 Å². The maximum Gasteiger partial charge on any atom is 0.243 e. The Morgan fingerprint density at radius 2 is 2.00 bits per heavy atom. The van der Waals surface area contributed by atoms with Crippen molar-refractivity contribution in [1.82, 2.24) is 10.3 Å². The molecular formula is C16H17N3O2. The molecule has 2 amide bonds. The normalized spacial score (nSPS) is 14.5. The minimum atomic E-state index is -0.235. The molecule has 0 aliphatic heterocycles. The van der Waals surface area contributed by atoms with Crippen LogP contribution in [0.15, 0.2) is 36.5 Å². The van der Waals surface area contributed by atoms with Crippen LogP contribution in [0.1, 0.15) is 19.3 Å². The molecule has 2 N–H and O–H groups in total. The lowest BCUT2D eigenvalue weighted by Crippen LogP contribution is -2.39. The molecule has 0 saturated heterocycles. The van der Waals surface area contributed by atoms with E-state index in [1.807, 2.05) is 24.3 Å². The fourth-order valence-corrected chi connectivity index (χ4v) is 2.38. The van der Waals surface area contributed by atoms with Crippen LogP contribution in [0.5, 0.6) is 0 Å². The molecule has 108 valence electrons. The predicted octanol–water partition coefficient (Wildman–Crippen LogP) is 2.09. The maximum absolute atomic E-state index is 11.9. The summed E-state index contributed by atoms with van der Waals surface area (Å²) in [7, 11) is 0. The van der Waals surface area contributed by atoms with Crippen LogP contribution in [-0.4, -0.2) is 23.3 Å². The van der Waals surface area contributed by atoms with Gasteiger partial charge in [0.15, 0.2) is 0 Å². The van der Waals surface area contributed by atoms with Crippen LogP contribution in [0.4, 0.5) is 5.69 Å². The van der Waals surface area contributed by atoms with E-state index in [2.05, 4.69) is 15.6 Å². The van der Waals surface area contributed by atoms with Gasteiger partial charge in [0.2, 0.25) is 11.8 Å². The molecule has 1 aromatic heterocycles. The lowest BCUT2D eigenvalue weighted by Gasteiger charge is -2.23. The summed E-state index contributed by atoms with van der Waals surface area (Å²) in [5.74, 6) is -0.162. The quantitative estimate of drug-likeness (QED) is 0.902. The van der Waals surface area contributed by atoms with E-state index < -0.39 is 0 Å². The Morgan fingerprint density at radius 3 is 2.76 bits per heavy atom. The van der Waals surface area contributed by atoms with E-state index in [9.17, 15) is 9.59 Å². The van der Waals surface area contributed by atoms with E-state index in [0.717, 1.165) is 30.2 Å². The number of para-hydroxylation sites is 1. The van der Waals surface area contributed by atoms with Crippen molar-refractivity contribution in [2.45, 2.75) is 19.3 Å². The molecule has 0 unspecified atom stereocenters. The number of fused-ring (bicyclic) bond motifs is 1. The Morgan fingerprint density at radius 1 is 1.19 bits per heavy atom. The number of anilines is 1. The molecule has 1 fully saturated rings. The van der Waals surface area contributed by atoms with Gasteiger partial charge in [-0.15, -0.1) is 0 Å². The van der Waals surface area contributed by atoms with Crippen molar-refractivity contribution >= 4 is 28.4 Å². The summed E-state index contributed by atoms with van der Waals surface area (Å²) in [5, 5.41) is 6.45. The number of nitrogens with zero attached hydrogens (tertiary/aromatic N) is 1. The van der Waals surface area contributed by atoms with Crippen LogP contribution in [0.2, 0.25) is 0 Å². The second kappa shape index (κ2) is 5.91. The van der Waals surface area contributed by atoms with Crippen LogP contribution in [0, 0.1) is 5.92 Å². The highest BCUT2D eigenvalue weighted by atomic mass is 16.2. The molecule has 0 bridgehead atoms.